The van der Waals surface area contributed by atoms with Crippen LogP contribution in [0.15, 0.2) is 36.7 Å². The molecule has 6 heteroatoms. The smallest absolute Gasteiger partial charge is 0.259 e. The number of halogens is 1. The molecule has 5 rings (SSSR count). The van der Waals surface area contributed by atoms with Crippen molar-refractivity contribution in [1.29, 1.82) is 0 Å². The molecule has 1 saturated carbocycles. The van der Waals surface area contributed by atoms with Crippen molar-refractivity contribution in [1.82, 2.24) is 4.98 Å². The van der Waals surface area contributed by atoms with Crippen molar-refractivity contribution in [2.75, 3.05) is 42.6 Å². The maximum Gasteiger partial charge on any atom is 0.259 e. The third-order valence-corrected chi connectivity index (χ3v) is 6.43. The van der Waals surface area contributed by atoms with Crippen molar-refractivity contribution in [2.24, 2.45) is 0 Å². The molecule has 0 bridgehead atoms. The molecule has 1 spiro atoms. The summed E-state index contributed by atoms with van der Waals surface area (Å²) in [4.78, 5) is 21.7. The second-order valence-corrected chi connectivity index (χ2v) is 8.04. The fourth-order valence-electron chi connectivity index (χ4n) is 5.07. The monoisotopic (exact) mass is 381 g/mol. The summed E-state index contributed by atoms with van der Waals surface area (Å²) in [6.07, 6.45) is 7.46. The average Bonchev–Trinajstić information content (AvgIpc) is 3.34. The highest BCUT2D eigenvalue weighted by molar-refractivity contribution is 6.08. The lowest BCUT2D eigenvalue weighted by molar-refractivity contribution is 0.0984. The number of amides is 1. The Balaban J connectivity index is 1.49. The summed E-state index contributed by atoms with van der Waals surface area (Å²) in [5.41, 5.74) is 2.71. The van der Waals surface area contributed by atoms with Gasteiger partial charge in [-0.3, -0.25) is 9.78 Å². The lowest BCUT2D eigenvalue weighted by atomic mass is 9.80. The molecule has 1 aromatic heterocycles. The van der Waals surface area contributed by atoms with E-state index in [-0.39, 0.29) is 17.1 Å². The van der Waals surface area contributed by atoms with Gasteiger partial charge in [-0.25, -0.2) is 4.39 Å². The fraction of sp³-hybridized carbons (Fsp3) is 0.455. The Kier molecular flexibility index (Phi) is 4.31. The van der Waals surface area contributed by atoms with E-state index in [2.05, 4.69) is 9.88 Å². The maximum atomic E-state index is 14.8. The highest BCUT2D eigenvalue weighted by atomic mass is 19.1. The molecule has 0 unspecified atom stereocenters. The van der Waals surface area contributed by atoms with E-state index in [4.69, 9.17) is 4.74 Å². The van der Waals surface area contributed by atoms with Crippen LogP contribution in [0.1, 0.15) is 41.6 Å². The van der Waals surface area contributed by atoms with Crippen LogP contribution in [0.2, 0.25) is 0 Å². The SMILES string of the molecule is O=C(c1cncc(N2CCOCC2)c1)N1CC2(CCCC2)c2c(F)cccc21. The van der Waals surface area contributed by atoms with Crippen molar-refractivity contribution in [2.45, 2.75) is 31.1 Å². The zero-order valence-electron chi connectivity index (χ0n) is 15.9. The van der Waals surface area contributed by atoms with Gasteiger partial charge in [0.1, 0.15) is 5.82 Å². The molecule has 1 saturated heterocycles. The topological polar surface area (TPSA) is 45.7 Å². The summed E-state index contributed by atoms with van der Waals surface area (Å²) < 4.78 is 20.2. The largest absolute Gasteiger partial charge is 0.378 e. The summed E-state index contributed by atoms with van der Waals surface area (Å²) in [5, 5.41) is 0. The van der Waals surface area contributed by atoms with Gasteiger partial charge in [-0.05, 0) is 31.0 Å². The first-order valence-electron chi connectivity index (χ1n) is 10.1. The number of hydrogen-bond donors (Lipinski definition) is 0. The number of ether oxygens (including phenoxy) is 1. The third-order valence-electron chi connectivity index (χ3n) is 6.43. The van der Waals surface area contributed by atoms with E-state index in [0.29, 0.717) is 25.3 Å². The van der Waals surface area contributed by atoms with E-state index in [0.717, 1.165) is 55.7 Å². The van der Waals surface area contributed by atoms with Gasteiger partial charge >= 0.3 is 0 Å². The van der Waals surface area contributed by atoms with Gasteiger partial charge in [-0.2, -0.15) is 0 Å². The first-order valence-corrected chi connectivity index (χ1v) is 10.1. The highest BCUT2D eigenvalue weighted by Crippen LogP contribution is 2.51. The minimum absolute atomic E-state index is 0.0989. The van der Waals surface area contributed by atoms with Crippen molar-refractivity contribution in [3.8, 4) is 0 Å². The Morgan fingerprint density at radius 2 is 1.93 bits per heavy atom. The standard InChI is InChI=1S/C22H24FN3O2/c23-18-4-3-5-19-20(18)22(6-1-2-7-22)15-26(19)21(27)16-12-17(14-24-13-16)25-8-10-28-11-9-25/h3-5,12-14H,1-2,6-11,15H2. The van der Waals surface area contributed by atoms with Crippen LogP contribution in [0.4, 0.5) is 15.8 Å². The fourth-order valence-corrected chi connectivity index (χ4v) is 5.07. The number of pyridine rings is 1. The highest BCUT2D eigenvalue weighted by Gasteiger charge is 2.48. The number of rotatable bonds is 2. The van der Waals surface area contributed by atoms with Crippen molar-refractivity contribution in [3.05, 3.63) is 53.6 Å². The molecule has 3 aliphatic rings. The first-order chi connectivity index (χ1) is 13.7. The molecule has 2 aromatic rings. The molecule has 1 aromatic carbocycles. The number of morpholine rings is 1. The van der Waals surface area contributed by atoms with Crippen LogP contribution in [-0.2, 0) is 10.2 Å². The molecule has 0 N–H and O–H groups in total. The molecule has 2 aliphatic heterocycles. The van der Waals surface area contributed by atoms with Crippen LogP contribution in [-0.4, -0.2) is 43.7 Å². The van der Waals surface area contributed by atoms with E-state index >= 15 is 0 Å². The van der Waals surface area contributed by atoms with Gasteiger partial charge < -0.3 is 14.5 Å². The van der Waals surface area contributed by atoms with E-state index < -0.39 is 0 Å². The number of benzene rings is 1. The summed E-state index contributed by atoms with van der Waals surface area (Å²) in [5.74, 6) is -0.284. The summed E-state index contributed by atoms with van der Waals surface area (Å²) in [7, 11) is 0. The average molecular weight is 381 g/mol. The second kappa shape index (κ2) is 6.85. The summed E-state index contributed by atoms with van der Waals surface area (Å²) in [6.45, 7) is 3.50. The van der Waals surface area contributed by atoms with Gasteiger partial charge in [0.15, 0.2) is 0 Å². The molecular weight excluding hydrogens is 357 g/mol. The summed E-state index contributed by atoms with van der Waals surface area (Å²) in [6, 6.07) is 7.00. The molecule has 0 radical (unpaired) electrons. The molecule has 1 amide bonds. The van der Waals surface area contributed by atoms with Gasteiger partial charge in [0.25, 0.3) is 5.91 Å². The van der Waals surface area contributed by atoms with E-state index in [9.17, 15) is 9.18 Å². The lowest BCUT2D eigenvalue weighted by Gasteiger charge is -2.29. The van der Waals surface area contributed by atoms with Crippen molar-refractivity contribution < 1.29 is 13.9 Å². The van der Waals surface area contributed by atoms with Crippen molar-refractivity contribution in [3.63, 3.8) is 0 Å². The maximum absolute atomic E-state index is 14.8. The molecule has 2 fully saturated rings. The van der Waals surface area contributed by atoms with Gasteiger partial charge in [0.05, 0.1) is 36.3 Å². The van der Waals surface area contributed by atoms with Crippen LogP contribution in [0.3, 0.4) is 0 Å². The quantitative estimate of drug-likeness (QED) is 0.798. The van der Waals surface area contributed by atoms with Gasteiger partial charge in [0, 0.05) is 36.8 Å². The minimum Gasteiger partial charge on any atom is -0.378 e. The minimum atomic E-state index is -0.231. The Bertz CT molecular complexity index is 904. The Morgan fingerprint density at radius 3 is 2.71 bits per heavy atom. The van der Waals surface area contributed by atoms with Gasteiger partial charge in [-0.15, -0.1) is 0 Å². The molecule has 3 heterocycles. The zero-order valence-corrected chi connectivity index (χ0v) is 15.9. The summed E-state index contributed by atoms with van der Waals surface area (Å²) >= 11 is 0. The van der Waals surface area contributed by atoms with Crippen LogP contribution in [0.25, 0.3) is 0 Å². The van der Waals surface area contributed by atoms with Gasteiger partial charge in [-0.1, -0.05) is 18.9 Å². The number of carbonyl (C=O) groups excluding carboxylic acids is 1. The predicted octanol–water partition coefficient (Wildman–Crippen LogP) is 3.53. The normalized spacial score (nSPS) is 20.6. The molecule has 146 valence electrons. The number of fused-ring (bicyclic) bond motifs is 2. The number of carbonyl (C=O) groups is 1. The first kappa shape index (κ1) is 17.6. The number of aromatic nitrogens is 1. The lowest BCUT2D eigenvalue weighted by Crippen LogP contribution is -2.37. The van der Waals surface area contributed by atoms with E-state index in [1.807, 2.05) is 12.1 Å². The van der Waals surface area contributed by atoms with Crippen molar-refractivity contribution >= 4 is 17.3 Å². The van der Waals surface area contributed by atoms with E-state index in [1.54, 1.807) is 23.4 Å². The van der Waals surface area contributed by atoms with Crippen LogP contribution in [0, 0.1) is 5.82 Å². The van der Waals surface area contributed by atoms with Crippen LogP contribution >= 0.6 is 0 Å². The Labute approximate surface area is 164 Å². The van der Waals surface area contributed by atoms with Crippen LogP contribution in [0.5, 0.6) is 0 Å². The molecule has 1 aliphatic carbocycles. The predicted molar refractivity (Wildman–Crippen MR) is 105 cm³/mol. The number of nitrogens with zero attached hydrogens (tertiary/aromatic N) is 3. The third kappa shape index (κ3) is 2.78. The molecule has 28 heavy (non-hydrogen) atoms. The molecule has 0 atom stereocenters. The van der Waals surface area contributed by atoms with Crippen LogP contribution < -0.4 is 9.80 Å². The second-order valence-electron chi connectivity index (χ2n) is 8.04. The number of anilines is 2. The molecule has 5 nitrogen and oxygen atoms in total. The Hall–Kier alpha value is -2.47. The number of hydrogen-bond acceptors (Lipinski definition) is 4. The Morgan fingerprint density at radius 1 is 1.14 bits per heavy atom. The van der Waals surface area contributed by atoms with E-state index in [1.165, 1.54) is 6.07 Å². The molecular formula is C22H24FN3O2. The zero-order chi connectivity index (χ0) is 19.1. The van der Waals surface area contributed by atoms with Gasteiger partial charge in [0.2, 0.25) is 0 Å².